The quantitative estimate of drug-likeness (QED) is 0.174. The van der Waals surface area contributed by atoms with Crippen LogP contribution in [-0.2, 0) is 0 Å². The molecule has 0 amide bonds. The lowest BCUT2D eigenvalue weighted by Crippen LogP contribution is -2.00. The summed E-state index contributed by atoms with van der Waals surface area (Å²) >= 11 is 0. The molecule has 10 rings (SSSR count). The molecule has 10 aromatic rings. The monoisotopic (exact) mass is 679 g/mol. The molecular formula is C46H29N7. The molecule has 5 heterocycles. The largest absolute Gasteiger partial charge is 0.306 e. The van der Waals surface area contributed by atoms with Crippen LogP contribution < -0.4 is 0 Å². The Hall–Kier alpha value is -7.38. The van der Waals surface area contributed by atoms with Crippen molar-refractivity contribution >= 4 is 27.5 Å². The first-order valence-corrected chi connectivity index (χ1v) is 17.4. The predicted octanol–water partition coefficient (Wildman–Crippen LogP) is 10.6. The van der Waals surface area contributed by atoms with Crippen LogP contribution in [0.2, 0.25) is 0 Å². The van der Waals surface area contributed by atoms with E-state index in [-0.39, 0.29) is 0 Å². The van der Waals surface area contributed by atoms with E-state index in [1.54, 1.807) is 24.8 Å². The molecule has 5 aromatic heterocycles. The van der Waals surface area contributed by atoms with Gasteiger partial charge in [0.15, 0.2) is 17.5 Å². The van der Waals surface area contributed by atoms with Crippen molar-refractivity contribution in [1.29, 1.82) is 0 Å². The molecule has 0 spiro atoms. The first-order valence-electron chi connectivity index (χ1n) is 17.4. The average Bonchev–Trinajstić information content (AvgIpc) is 3.64. The summed E-state index contributed by atoms with van der Waals surface area (Å²) in [6.45, 7) is 0. The van der Waals surface area contributed by atoms with Gasteiger partial charge in [0, 0.05) is 52.4 Å². The molecule has 0 bridgehead atoms. The van der Waals surface area contributed by atoms with Crippen molar-refractivity contribution < 1.29 is 0 Å². The summed E-state index contributed by atoms with van der Waals surface area (Å²) in [6.07, 6.45) is 7.22. The van der Waals surface area contributed by atoms with E-state index in [2.05, 4.69) is 136 Å². The Bertz CT molecular complexity index is 2820. The van der Waals surface area contributed by atoms with Crippen LogP contribution in [0.15, 0.2) is 176 Å². The van der Waals surface area contributed by atoms with Crippen LogP contribution in [0, 0.1) is 0 Å². The number of fused-ring (bicyclic) bond motifs is 5. The van der Waals surface area contributed by atoms with Gasteiger partial charge in [0.25, 0.3) is 0 Å². The molecule has 248 valence electrons. The molecule has 0 radical (unpaired) electrons. The Morgan fingerprint density at radius 2 is 0.811 bits per heavy atom. The number of rotatable bonds is 6. The number of nitrogens with zero attached hydrogens (tertiary/aromatic N) is 7. The minimum atomic E-state index is 0.584. The van der Waals surface area contributed by atoms with E-state index in [1.807, 2.05) is 30.3 Å². The molecule has 0 atom stereocenters. The molecule has 0 aliphatic rings. The summed E-state index contributed by atoms with van der Waals surface area (Å²) in [6, 6.07) is 52.0. The molecule has 0 aliphatic carbocycles. The van der Waals surface area contributed by atoms with Gasteiger partial charge >= 0.3 is 0 Å². The highest BCUT2D eigenvalue weighted by molar-refractivity contribution is 5.98. The van der Waals surface area contributed by atoms with E-state index in [4.69, 9.17) is 19.9 Å². The molecule has 53 heavy (non-hydrogen) atoms. The molecule has 0 N–H and O–H groups in total. The number of aromatic nitrogens is 7. The minimum absolute atomic E-state index is 0.584. The highest BCUT2D eigenvalue weighted by atomic mass is 15.0. The van der Waals surface area contributed by atoms with Crippen molar-refractivity contribution in [2.24, 2.45) is 0 Å². The van der Waals surface area contributed by atoms with Crippen molar-refractivity contribution in [3.63, 3.8) is 0 Å². The van der Waals surface area contributed by atoms with Crippen LogP contribution in [0.5, 0.6) is 0 Å². The fourth-order valence-corrected chi connectivity index (χ4v) is 7.01. The zero-order valence-electron chi connectivity index (χ0n) is 28.4. The predicted molar refractivity (Wildman–Crippen MR) is 212 cm³/mol. The van der Waals surface area contributed by atoms with E-state index in [0.717, 1.165) is 72.3 Å². The fourth-order valence-electron chi connectivity index (χ4n) is 7.01. The lowest BCUT2D eigenvalue weighted by Gasteiger charge is -2.12. The Morgan fingerprint density at radius 1 is 0.321 bits per heavy atom. The fraction of sp³-hybridized carbons (Fsp3) is 0. The number of hydrogen-bond acceptors (Lipinski definition) is 6. The second-order valence-corrected chi connectivity index (χ2v) is 12.9. The third-order valence-electron chi connectivity index (χ3n) is 9.65. The first-order chi connectivity index (χ1) is 26.2. The lowest BCUT2D eigenvalue weighted by atomic mass is 10.0. The second kappa shape index (κ2) is 12.7. The van der Waals surface area contributed by atoms with Crippen LogP contribution >= 0.6 is 0 Å². The minimum Gasteiger partial charge on any atom is -0.306 e. The van der Waals surface area contributed by atoms with Gasteiger partial charge in [0.05, 0.1) is 27.8 Å². The van der Waals surface area contributed by atoms with Gasteiger partial charge in [-0.1, -0.05) is 97.1 Å². The van der Waals surface area contributed by atoms with E-state index in [0.29, 0.717) is 17.5 Å². The van der Waals surface area contributed by atoms with Gasteiger partial charge in [-0.15, -0.1) is 0 Å². The van der Waals surface area contributed by atoms with E-state index >= 15 is 0 Å². The maximum absolute atomic E-state index is 5.22. The first kappa shape index (κ1) is 30.4. The third kappa shape index (κ3) is 5.57. The maximum Gasteiger partial charge on any atom is 0.164 e. The summed E-state index contributed by atoms with van der Waals surface area (Å²) in [5.41, 5.74) is 13.1. The summed E-state index contributed by atoms with van der Waals surface area (Å²) in [5, 5.41) is 1.17. The Labute approximate surface area is 305 Å². The Kier molecular flexibility index (Phi) is 7.32. The van der Waals surface area contributed by atoms with Gasteiger partial charge in [-0.05, 0) is 76.9 Å². The topological polar surface area (TPSA) is 81.8 Å². The SMILES string of the molecule is c1cc(-c2nc(-c3ccc(-c4ccncc4)cc3)nc(-c3ccc(-c4ccncc4)cc3)n2)cc(-c2nc3ccccc3n3c2cc2ccccc23)c1. The Morgan fingerprint density at radius 3 is 1.43 bits per heavy atom. The summed E-state index contributed by atoms with van der Waals surface area (Å²) in [4.78, 5) is 28.7. The van der Waals surface area contributed by atoms with Crippen molar-refractivity contribution in [3.05, 3.63) is 176 Å². The highest BCUT2D eigenvalue weighted by Crippen LogP contribution is 2.34. The van der Waals surface area contributed by atoms with Crippen LogP contribution in [0.25, 0.3) is 95.1 Å². The normalized spacial score (nSPS) is 11.4. The van der Waals surface area contributed by atoms with Gasteiger partial charge in [0.2, 0.25) is 0 Å². The van der Waals surface area contributed by atoms with Gasteiger partial charge in [0.1, 0.15) is 0 Å². The maximum atomic E-state index is 5.22. The molecule has 5 aromatic carbocycles. The van der Waals surface area contributed by atoms with Gasteiger partial charge in [-0.3, -0.25) is 9.97 Å². The van der Waals surface area contributed by atoms with Gasteiger partial charge in [-0.25, -0.2) is 19.9 Å². The van der Waals surface area contributed by atoms with Crippen LogP contribution in [-0.4, -0.2) is 34.3 Å². The van der Waals surface area contributed by atoms with E-state index in [9.17, 15) is 0 Å². The van der Waals surface area contributed by atoms with Crippen LogP contribution in [0.1, 0.15) is 0 Å². The highest BCUT2D eigenvalue weighted by Gasteiger charge is 2.17. The zero-order valence-corrected chi connectivity index (χ0v) is 28.4. The van der Waals surface area contributed by atoms with Gasteiger partial charge < -0.3 is 4.40 Å². The number of pyridine rings is 2. The third-order valence-corrected chi connectivity index (χ3v) is 9.65. The van der Waals surface area contributed by atoms with Crippen molar-refractivity contribution in [2.45, 2.75) is 0 Å². The molecule has 0 unspecified atom stereocenters. The zero-order chi connectivity index (χ0) is 35.1. The van der Waals surface area contributed by atoms with Crippen LogP contribution in [0.4, 0.5) is 0 Å². The molecule has 7 heteroatoms. The average molecular weight is 680 g/mol. The summed E-state index contributed by atoms with van der Waals surface area (Å²) in [5.74, 6) is 1.78. The Balaban J connectivity index is 1.12. The number of benzene rings is 5. The number of para-hydroxylation sites is 3. The lowest BCUT2D eigenvalue weighted by molar-refractivity contribution is 1.07. The molecule has 0 saturated heterocycles. The molecule has 0 fully saturated rings. The van der Waals surface area contributed by atoms with Crippen molar-refractivity contribution in [1.82, 2.24) is 34.3 Å². The summed E-state index contributed by atoms with van der Waals surface area (Å²) < 4.78 is 2.31. The van der Waals surface area contributed by atoms with Gasteiger partial charge in [-0.2, -0.15) is 0 Å². The molecule has 7 nitrogen and oxygen atoms in total. The standard InChI is InChI=1S/C46H29N7/c1-3-10-40-36(6-1)29-42-43(49-39-9-2-4-11-41(39)53(40)42)37-7-5-8-38(28-37)46-51-44(34-16-12-30(13-17-34)32-20-24-47-25-21-32)50-45(52-46)35-18-14-31(15-19-35)33-22-26-48-27-23-33/h1-29H. The van der Waals surface area contributed by atoms with Crippen LogP contribution in [0.3, 0.4) is 0 Å². The molecule has 0 aliphatic heterocycles. The molecular weight excluding hydrogens is 651 g/mol. The van der Waals surface area contributed by atoms with E-state index < -0.39 is 0 Å². The van der Waals surface area contributed by atoms with Crippen molar-refractivity contribution in [3.8, 4) is 67.7 Å². The smallest absolute Gasteiger partial charge is 0.164 e. The second-order valence-electron chi connectivity index (χ2n) is 12.9. The summed E-state index contributed by atoms with van der Waals surface area (Å²) in [7, 11) is 0. The van der Waals surface area contributed by atoms with Crippen molar-refractivity contribution in [2.75, 3.05) is 0 Å². The number of hydrogen-bond donors (Lipinski definition) is 0. The molecule has 0 saturated carbocycles. The van der Waals surface area contributed by atoms with E-state index in [1.165, 1.54) is 5.39 Å².